The van der Waals surface area contributed by atoms with Gasteiger partial charge in [-0.2, -0.15) is 5.26 Å². The molecule has 1 fully saturated rings. The normalized spacial score (nSPS) is 17.6. The van der Waals surface area contributed by atoms with Gasteiger partial charge in [0, 0.05) is 19.1 Å². The van der Waals surface area contributed by atoms with Crippen LogP contribution in [0.15, 0.2) is 12.4 Å². The van der Waals surface area contributed by atoms with E-state index in [2.05, 4.69) is 15.3 Å². The lowest BCUT2D eigenvalue weighted by atomic mass is 10.1. The largest absolute Gasteiger partial charge is 0.366 e. The number of sulfonamides is 1. The standard InChI is InChI=1S/C13H19N5O2S/c1-10(2)21(19,20)18-5-3-11(4-6-18)17-13-9-15-12(7-14)8-16-13/h8-11H,3-6H2,1-2H3,(H,16,17). The molecule has 0 saturated carbocycles. The highest BCUT2D eigenvalue weighted by molar-refractivity contribution is 7.89. The third-order valence-corrected chi connectivity index (χ3v) is 5.80. The van der Waals surface area contributed by atoms with Crippen LogP contribution < -0.4 is 5.32 Å². The Hall–Kier alpha value is -1.72. The topological polar surface area (TPSA) is 99.0 Å². The van der Waals surface area contributed by atoms with Crippen LogP contribution in [0.1, 0.15) is 32.4 Å². The molecule has 21 heavy (non-hydrogen) atoms. The summed E-state index contributed by atoms with van der Waals surface area (Å²) in [5.74, 6) is 0.610. The molecule has 0 aromatic carbocycles. The molecule has 1 aromatic heterocycles. The first-order valence-corrected chi connectivity index (χ1v) is 8.41. The summed E-state index contributed by atoms with van der Waals surface area (Å²) in [5.41, 5.74) is 0.276. The van der Waals surface area contributed by atoms with Crippen molar-refractivity contribution in [3.8, 4) is 6.07 Å². The summed E-state index contributed by atoms with van der Waals surface area (Å²) in [6.07, 6.45) is 4.40. The molecule has 0 bridgehead atoms. The van der Waals surface area contributed by atoms with E-state index >= 15 is 0 Å². The molecule has 1 aliphatic heterocycles. The second-order valence-corrected chi connectivity index (χ2v) is 7.80. The van der Waals surface area contributed by atoms with Crippen LogP contribution in [0.3, 0.4) is 0 Å². The number of piperidine rings is 1. The predicted molar refractivity (Wildman–Crippen MR) is 79.0 cm³/mol. The monoisotopic (exact) mass is 309 g/mol. The minimum absolute atomic E-state index is 0.172. The van der Waals surface area contributed by atoms with E-state index in [1.807, 2.05) is 6.07 Å². The highest BCUT2D eigenvalue weighted by Gasteiger charge is 2.30. The molecule has 0 spiro atoms. The number of nitriles is 1. The van der Waals surface area contributed by atoms with Gasteiger partial charge in [-0.1, -0.05) is 0 Å². The van der Waals surface area contributed by atoms with Crippen LogP contribution in [0.25, 0.3) is 0 Å². The van der Waals surface area contributed by atoms with Gasteiger partial charge in [0.1, 0.15) is 11.9 Å². The van der Waals surface area contributed by atoms with E-state index < -0.39 is 10.0 Å². The molecule has 7 nitrogen and oxygen atoms in total. The molecule has 0 atom stereocenters. The van der Waals surface area contributed by atoms with E-state index in [-0.39, 0.29) is 17.0 Å². The fraction of sp³-hybridized carbons (Fsp3) is 0.615. The zero-order valence-electron chi connectivity index (χ0n) is 12.2. The first-order valence-electron chi connectivity index (χ1n) is 6.91. The van der Waals surface area contributed by atoms with Crippen molar-refractivity contribution in [3.05, 3.63) is 18.1 Å². The van der Waals surface area contributed by atoms with Crippen molar-refractivity contribution in [1.82, 2.24) is 14.3 Å². The summed E-state index contributed by atoms with van der Waals surface area (Å²) in [4.78, 5) is 8.06. The van der Waals surface area contributed by atoms with Gasteiger partial charge in [-0.05, 0) is 26.7 Å². The Bertz CT molecular complexity index is 613. The van der Waals surface area contributed by atoms with E-state index in [1.165, 1.54) is 12.4 Å². The van der Waals surface area contributed by atoms with E-state index in [4.69, 9.17) is 5.26 Å². The summed E-state index contributed by atoms with van der Waals surface area (Å²) < 4.78 is 25.7. The second kappa shape index (κ2) is 6.37. The van der Waals surface area contributed by atoms with Gasteiger partial charge in [-0.25, -0.2) is 22.7 Å². The molecule has 0 amide bonds. The van der Waals surface area contributed by atoms with Gasteiger partial charge in [0.15, 0.2) is 5.69 Å². The van der Waals surface area contributed by atoms with Crippen molar-refractivity contribution in [1.29, 1.82) is 5.26 Å². The third-order valence-electron chi connectivity index (χ3n) is 3.53. The van der Waals surface area contributed by atoms with Gasteiger partial charge in [0.05, 0.1) is 17.6 Å². The number of anilines is 1. The zero-order valence-corrected chi connectivity index (χ0v) is 13.0. The Morgan fingerprint density at radius 3 is 2.48 bits per heavy atom. The number of hydrogen-bond acceptors (Lipinski definition) is 6. The van der Waals surface area contributed by atoms with Gasteiger partial charge in [-0.3, -0.25) is 0 Å². The molecule has 2 heterocycles. The van der Waals surface area contributed by atoms with E-state index in [0.717, 1.165) is 12.8 Å². The molecule has 0 radical (unpaired) electrons. The lowest BCUT2D eigenvalue weighted by Crippen LogP contribution is -2.44. The predicted octanol–water partition coefficient (Wildman–Crippen LogP) is 0.963. The number of aromatic nitrogens is 2. The Balaban J connectivity index is 1.91. The van der Waals surface area contributed by atoms with Gasteiger partial charge in [0.2, 0.25) is 10.0 Å². The van der Waals surface area contributed by atoms with Crippen LogP contribution in [-0.2, 0) is 10.0 Å². The van der Waals surface area contributed by atoms with E-state index in [9.17, 15) is 8.42 Å². The summed E-state index contributed by atoms with van der Waals surface area (Å²) in [5, 5.41) is 11.5. The van der Waals surface area contributed by atoms with Crippen LogP contribution in [-0.4, -0.2) is 47.1 Å². The lowest BCUT2D eigenvalue weighted by molar-refractivity contribution is 0.327. The van der Waals surface area contributed by atoms with Crippen LogP contribution in [0, 0.1) is 11.3 Å². The van der Waals surface area contributed by atoms with Gasteiger partial charge in [-0.15, -0.1) is 0 Å². The summed E-state index contributed by atoms with van der Waals surface area (Å²) in [7, 11) is -3.16. The molecule has 8 heteroatoms. The van der Waals surface area contributed by atoms with Crippen molar-refractivity contribution in [3.63, 3.8) is 0 Å². The quantitative estimate of drug-likeness (QED) is 0.889. The first kappa shape index (κ1) is 15.7. The van der Waals surface area contributed by atoms with Crippen molar-refractivity contribution in [2.45, 2.75) is 38.0 Å². The molecule has 1 aromatic rings. The maximum atomic E-state index is 12.1. The Morgan fingerprint density at radius 2 is 2.00 bits per heavy atom. The molecule has 0 aliphatic carbocycles. The summed E-state index contributed by atoms with van der Waals surface area (Å²) >= 11 is 0. The third kappa shape index (κ3) is 3.68. The molecule has 114 valence electrons. The highest BCUT2D eigenvalue weighted by Crippen LogP contribution is 2.19. The zero-order chi connectivity index (χ0) is 15.5. The minimum Gasteiger partial charge on any atom is -0.366 e. The average molecular weight is 309 g/mol. The highest BCUT2D eigenvalue weighted by atomic mass is 32.2. The molecule has 1 saturated heterocycles. The lowest BCUT2D eigenvalue weighted by Gasteiger charge is -2.32. The molecular weight excluding hydrogens is 290 g/mol. The minimum atomic E-state index is -3.16. The molecular formula is C13H19N5O2S. The van der Waals surface area contributed by atoms with Crippen molar-refractivity contribution in [2.75, 3.05) is 18.4 Å². The Labute approximate surface area is 125 Å². The number of hydrogen-bond donors (Lipinski definition) is 1. The number of rotatable bonds is 4. The van der Waals surface area contributed by atoms with Gasteiger partial charge >= 0.3 is 0 Å². The number of nitrogens with zero attached hydrogens (tertiary/aromatic N) is 4. The van der Waals surface area contributed by atoms with Gasteiger partial charge < -0.3 is 5.32 Å². The van der Waals surface area contributed by atoms with Crippen LogP contribution in [0.4, 0.5) is 5.82 Å². The van der Waals surface area contributed by atoms with Crippen LogP contribution in [0.5, 0.6) is 0 Å². The van der Waals surface area contributed by atoms with Gasteiger partial charge in [0.25, 0.3) is 0 Å². The summed E-state index contributed by atoms with van der Waals surface area (Å²) in [6.45, 7) is 4.43. The van der Waals surface area contributed by atoms with Crippen molar-refractivity contribution < 1.29 is 8.42 Å². The maximum Gasteiger partial charge on any atom is 0.216 e. The SMILES string of the molecule is CC(C)S(=O)(=O)N1CCC(Nc2cnc(C#N)cn2)CC1. The number of nitrogens with one attached hydrogen (secondary N) is 1. The molecule has 1 aliphatic rings. The van der Waals surface area contributed by atoms with Crippen LogP contribution >= 0.6 is 0 Å². The Kier molecular flexibility index (Phi) is 4.75. The van der Waals surface area contributed by atoms with E-state index in [0.29, 0.717) is 18.9 Å². The fourth-order valence-electron chi connectivity index (χ4n) is 2.22. The molecule has 0 unspecified atom stereocenters. The first-order chi connectivity index (χ1) is 9.93. The maximum absolute atomic E-state index is 12.1. The smallest absolute Gasteiger partial charge is 0.216 e. The summed E-state index contributed by atoms with van der Waals surface area (Å²) in [6, 6.07) is 2.09. The van der Waals surface area contributed by atoms with Crippen molar-refractivity contribution in [2.24, 2.45) is 0 Å². The van der Waals surface area contributed by atoms with Crippen LogP contribution in [0.2, 0.25) is 0 Å². The molecule has 1 N–H and O–H groups in total. The van der Waals surface area contributed by atoms with E-state index in [1.54, 1.807) is 18.2 Å². The van der Waals surface area contributed by atoms with Crippen molar-refractivity contribution >= 4 is 15.8 Å². The Morgan fingerprint density at radius 1 is 1.33 bits per heavy atom. The fourth-order valence-corrected chi connectivity index (χ4v) is 3.54. The molecule has 2 rings (SSSR count). The second-order valence-electron chi connectivity index (χ2n) is 5.31. The average Bonchev–Trinajstić information content (AvgIpc) is 2.48.